The number of pyridine rings is 1. The van der Waals surface area contributed by atoms with Gasteiger partial charge in [-0.25, -0.2) is 14.2 Å². The maximum absolute atomic E-state index is 13.1. The Balaban J connectivity index is 1.68. The van der Waals surface area contributed by atoms with Gasteiger partial charge in [0.1, 0.15) is 29.2 Å². The summed E-state index contributed by atoms with van der Waals surface area (Å²) in [5.74, 6) is 1.07. The van der Waals surface area contributed by atoms with Gasteiger partial charge in [-0.1, -0.05) is 19.9 Å². The molecule has 190 valence electrons. The summed E-state index contributed by atoms with van der Waals surface area (Å²) < 4.78 is 18.8. The Labute approximate surface area is 211 Å². The van der Waals surface area contributed by atoms with Gasteiger partial charge in [0.25, 0.3) is 0 Å². The average molecular weight is 493 g/mol. The lowest BCUT2D eigenvalue weighted by atomic mass is 10.0. The molecule has 2 aromatic carbocycles. The first-order valence-corrected chi connectivity index (χ1v) is 11.9. The number of benzene rings is 2. The third-order valence-corrected chi connectivity index (χ3v) is 5.02. The number of amides is 3. The molecule has 36 heavy (non-hydrogen) atoms. The van der Waals surface area contributed by atoms with Gasteiger partial charge in [0.2, 0.25) is 5.91 Å². The lowest BCUT2D eigenvalue weighted by molar-refractivity contribution is -0.118. The van der Waals surface area contributed by atoms with Crippen LogP contribution in [-0.2, 0) is 4.79 Å². The minimum Gasteiger partial charge on any atom is -0.457 e. The fourth-order valence-corrected chi connectivity index (χ4v) is 3.45. The number of hydrogen-bond acceptors (Lipinski definition) is 4. The van der Waals surface area contributed by atoms with Crippen LogP contribution >= 0.6 is 0 Å². The lowest BCUT2D eigenvalue weighted by Crippen LogP contribution is -2.53. The average Bonchev–Trinajstić information content (AvgIpc) is 2.79. The van der Waals surface area contributed by atoms with E-state index in [2.05, 4.69) is 20.9 Å². The predicted molar refractivity (Wildman–Crippen MR) is 139 cm³/mol. The van der Waals surface area contributed by atoms with E-state index in [0.29, 0.717) is 29.4 Å². The number of halogens is 1. The number of urea groups is 1. The molecule has 3 rings (SSSR count). The van der Waals surface area contributed by atoms with Crippen molar-refractivity contribution >= 4 is 17.8 Å². The zero-order valence-electron chi connectivity index (χ0n) is 21.3. The van der Waals surface area contributed by atoms with E-state index in [-0.39, 0.29) is 17.6 Å². The maximum Gasteiger partial charge on any atom is 0.315 e. The standard InChI is InChI=1S/C28H33FN4O3/c1-18(2)17-24(31-27(35)33-28(3,4)5)26(34)32-25-8-6-7-23(30-25)19-9-13-21(14-10-19)36-22-15-11-20(29)12-16-22/h6-16,18,24H,17H2,1-5H3,(H,30,32,34)(H2,31,33,35). The van der Waals surface area contributed by atoms with Crippen molar-refractivity contribution in [3.8, 4) is 22.8 Å². The van der Waals surface area contributed by atoms with E-state index >= 15 is 0 Å². The van der Waals surface area contributed by atoms with Crippen LogP contribution in [0.15, 0.2) is 66.7 Å². The van der Waals surface area contributed by atoms with Gasteiger partial charge < -0.3 is 20.7 Å². The minimum atomic E-state index is -0.708. The predicted octanol–water partition coefficient (Wildman–Crippen LogP) is 6.13. The smallest absolute Gasteiger partial charge is 0.315 e. The van der Waals surface area contributed by atoms with Crippen LogP contribution in [-0.4, -0.2) is 28.5 Å². The topological polar surface area (TPSA) is 92.4 Å². The monoisotopic (exact) mass is 492 g/mol. The Morgan fingerprint density at radius 2 is 1.56 bits per heavy atom. The van der Waals surface area contributed by atoms with Crippen molar-refractivity contribution in [1.29, 1.82) is 0 Å². The van der Waals surface area contributed by atoms with E-state index in [4.69, 9.17) is 4.74 Å². The van der Waals surface area contributed by atoms with Gasteiger partial charge in [-0.15, -0.1) is 0 Å². The number of carbonyl (C=O) groups is 2. The number of ether oxygens (including phenoxy) is 1. The fourth-order valence-electron chi connectivity index (χ4n) is 3.45. The normalized spacial score (nSPS) is 12.1. The third kappa shape index (κ3) is 8.37. The minimum absolute atomic E-state index is 0.200. The molecule has 0 bridgehead atoms. The van der Waals surface area contributed by atoms with Gasteiger partial charge in [-0.3, -0.25) is 4.79 Å². The van der Waals surface area contributed by atoms with Crippen molar-refractivity contribution in [3.05, 3.63) is 72.5 Å². The molecular formula is C28H33FN4O3. The highest BCUT2D eigenvalue weighted by Crippen LogP contribution is 2.26. The number of nitrogens with one attached hydrogen (secondary N) is 3. The molecule has 0 aliphatic heterocycles. The molecule has 0 radical (unpaired) electrons. The molecule has 0 fully saturated rings. The number of hydrogen-bond donors (Lipinski definition) is 3. The van der Waals surface area contributed by atoms with Crippen molar-refractivity contribution in [2.75, 3.05) is 5.32 Å². The number of aromatic nitrogens is 1. The Kier molecular flexibility index (Phi) is 8.64. The number of carbonyl (C=O) groups excluding carboxylic acids is 2. The summed E-state index contributed by atoms with van der Waals surface area (Å²) in [6.45, 7) is 9.61. The Morgan fingerprint density at radius 3 is 2.14 bits per heavy atom. The van der Waals surface area contributed by atoms with Crippen LogP contribution in [0.25, 0.3) is 11.3 Å². The van der Waals surface area contributed by atoms with Gasteiger partial charge in [0.15, 0.2) is 0 Å². The number of nitrogens with zero attached hydrogens (tertiary/aromatic N) is 1. The second-order valence-electron chi connectivity index (χ2n) is 10.0. The van der Waals surface area contributed by atoms with E-state index in [1.807, 2.05) is 52.8 Å². The van der Waals surface area contributed by atoms with Crippen molar-refractivity contribution in [2.45, 2.75) is 52.6 Å². The van der Waals surface area contributed by atoms with Gasteiger partial charge in [-0.2, -0.15) is 0 Å². The molecule has 0 saturated heterocycles. The molecule has 1 unspecified atom stereocenters. The van der Waals surface area contributed by atoms with Crippen molar-refractivity contribution in [3.63, 3.8) is 0 Å². The third-order valence-electron chi connectivity index (χ3n) is 5.02. The van der Waals surface area contributed by atoms with Crippen LogP contribution in [0.1, 0.15) is 41.0 Å². The van der Waals surface area contributed by atoms with Gasteiger partial charge in [0.05, 0.1) is 5.69 Å². The summed E-state index contributed by atoms with van der Waals surface area (Å²) in [4.78, 5) is 29.9. The summed E-state index contributed by atoms with van der Waals surface area (Å²) >= 11 is 0. The van der Waals surface area contributed by atoms with Crippen molar-refractivity contribution in [1.82, 2.24) is 15.6 Å². The molecule has 1 atom stereocenters. The molecule has 0 aliphatic carbocycles. The summed E-state index contributed by atoms with van der Waals surface area (Å²) in [5.41, 5.74) is 1.08. The molecule has 3 amide bonds. The van der Waals surface area contributed by atoms with Crippen molar-refractivity contribution in [2.24, 2.45) is 5.92 Å². The summed E-state index contributed by atoms with van der Waals surface area (Å²) in [6, 6.07) is 17.3. The Bertz CT molecular complexity index is 1170. The zero-order valence-corrected chi connectivity index (χ0v) is 21.3. The summed E-state index contributed by atoms with van der Waals surface area (Å²) in [5, 5.41) is 8.42. The quantitative estimate of drug-likeness (QED) is 0.353. The SMILES string of the molecule is CC(C)CC(NC(=O)NC(C)(C)C)C(=O)Nc1cccc(-c2ccc(Oc3ccc(F)cc3)cc2)n1. The molecule has 3 N–H and O–H groups in total. The van der Waals surface area contributed by atoms with Crippen molar-refractivity contribution < 1.29 is 18.7 Å². The van der Waals surface area contributed by atoms with Crippen LogP contribution < -0.4 is 20.7 Å². The van der Waals surface area contributed by atoms with E-state index in [0.717, 1.165) is 5.56 Å². The van der Waals surface area contributed by atoms with Gasteiger partial charge in [0, 0.05) is 11.1 Å². The molecule has 8 heteroatoms. The molecule has 3 aromatic rings. The van der Waals surface area contributed by atoms with Crippen LogP contribution in [0.4, 0.5) is 15.0 Å². The zero-order chi connectivity index (χ0) is 26.3. The number of anilines is 1. The van der Waals surface area contributed by atoms with Crippen LogP contribution in [0, 0.1) is 11.7 Å². The second kappa shape index (κ2) is 11.7. The van der Waals surface area contributed by atoms with E-state index in [1.165, 1.54) is 12.1 Å². The first-order valence-electron chi connectivity index (χ1n) is 11.9. The molecule has 7 nitrogen and oxygen atoms in total. The van der Waals surface area contributed by atoms with E-state index in [1.54, 1.807) is 36.4 Å². The number of rotatable bonds is 8. The van der Waals surface area contributed by atoms with E-state index in [9.17, 15) is 14.0 Å². The molecule has 0 spiro atoms. The van der Waals surface area contributed by atoms with Crippen LogP contribution in [0.2, 0.25) is 0 Å². The fraction of sp³-hybridized carbons (Fsp3) is 0.321. The summed E-state index contributed by atoms with van der Waals surface area (Å²) in [6.07, 6.45) is 0.485. The Hall–Kier alpha value is -3.94. The van der Waals surface area contributed by atoms with Gasteiger partial charge >= 0.3 is 6.03 Å². The maximum atomic E-state index is 13.1. The molecular weight excluding hydrogens is 459 g/mol. The highest BCUT2D eigenvalue weighted by molar-refractivity contribution is 5.96. The summed E-state index contributed by atoms with van der Waals surface area (Å²) in [7, 11) is 0. The molecule has 1 aromatic heterocycles. The van der Waals surface area contributed by atoms with Crippen LogP contribution in [0.5, 0.6) is 11.5 Å². The first-order chi connectivity index (χ1) is 17.0. The highest BCUT2D eigenvalue weighted by Gasteiger charge is 2.24. The first kappa shape index (κ1) is 26.7. The highest BCUT2D eigenvalue weighted by atomic mass is 19.1. The largest absolute Gasteiger partial charge is 0.457 e. The molecule has 0 aliphatic rings. The van der Waals surface area contributed by atoms with Gasteiger partial charge in [-0.05, 0) is 93.8 Å². The molecule has 0 saturated carbocycles. The molecule has 1 heterocycles. The van der Waals surface area contributed by atoms with E-state index < -0.39 is 17.6 Å². The second-order valence-corrected chi connectivity index (χ2v) is 10.0. The lowest BCUT2D eigenvalue weighted by Gasteiger charge is -2.25. The Morgan fingerprint density at radius 1 is 0.944 bits per heavy atom. The van der Waals surface area contributed by atoms with Crippen LogP contribution in [0.3, 0.4) is 0 Å².